The van der Waals surface area contributed by atoms with Gasteiger partial charge in [-0.05, 0) is 40.2 Å². The minimum absolute atomic E-state index is 0.0330. The Hall–Kier alpha value is -2.36. The third-order valence-corrected chi connectivity index (χ3v) is 12.3. The van der Waals surface area contributed by atoms with E-state index in [9.17, 15) is 4.79 Å². The molecule has 0 saturated heterocycles. The number of esters is 1. The molecule has 0 fully saturated rings. The fourth-order valence-corrected chi connectivity index (χ4v) is 9.83. The average molecular weight is 445 g/mol. The van der Waals surface area contributed by atoms with E-state index in [1.807, 2.05) is 0 Å². The molecule has 2 aromatic carbocycles. The predicted octanol–water partition coefficient (Wildman–Crippen LogP) is 6.32. The molecule has 0 unspecified atom stereocenters. The zero-order valence-corrected chi connectivity index (χ0v) is 20.8. The van der Waals surface area contributed by atoms with Crippen molar-refractivity contribution in [1.82, 2.24) is 0 Å². The minimum atomic E-state index is -2.09. The van der Waals surface area contributed by atoms with Crippen molar-refractivity contribution in [3.8, 4) is 17.2 Å². The molecule has 0 aliphatic heterocycles. The van der Waals surface area contributed by atoms with Crippen LogP contribution in [0.1, 0.15) is 57.5 Å². The highest BCUT2D eigenvalue weighted by molar-refractivity contribution is 6.90. The third kappa shape index (κ3) is 4.94. The van der Waals surface area contributed by atoms with E-state index in [1.165, 1.54) is 20.3 Å². The smallest absolute Gasteiger partial charge is 0.338 e. The Labute approximate surface area is 186 Å². The van der Waals surface area contributed by atoms with Crippen LogP contribution in [-0.2, 0) is 9.47 Å². The molecule has 168 valence electrons. The van der Waals surface area contributed by atoms with E-state index in [-0.39, 0.29) is 17.9 Å². The van der Waals surface area contributed by atoms with Gasteiger partial charge in [0.2, 0.25) is 0 Å². The van der Waals surface area contributed by atoms with Crippen molar-refractivity contribution in [3.05, 3.63) is 41.2 Å². The van der Waals surface area contributed by atoms with Gasteiger partial charge in [0.25, 0.3) is 0 Å². The Kier molecular flexibility index (Phi) is 8.27. The van der Waals surface area contributed by atoms with E-state index >= 15 is 4.39 Å². The van der Waals surface area contributed by atoms with E-state index in [4.69, 9.17) is 14.2 Å². The summed E-state index contributed by atoms with van der Waals surface area (Å²) in [5, 5.41) is 1.11. The van der Waals surface area contributed by atoms with Crippen LogP contribution >= 0.6 is 0 Å². The van der Waals surface area contributed by atoms with Gasteiger partial charge in [-0.15, -0.1) is 5.54 Å². The highest BCUT2D eigenvalue weighted by Crippen LogP contribution is 2.41. The van der Waals surface area contributed by atoms with Crippen LogP contribution in [0.3, 0.4) is 0 Å². The number of fused-ring (bicyclic) bond motifs is 1. The molecule has 2 rings (SSSR count). The van der Waals surface area contributed by atoms with Crippen LogP contribution in [0.25, 0.3) is 10.8 Å². The summed E-state index contributed by atoms with van der Waals surface area (Å²) in [6.07, 6.45) is 0. The van der Waals surface area contributed by atoms with E-state index in [2.05, 4.69) is 53.0 Å². The van der Waals surface area contributed by atoms with Crippen molar-refractivity contribution >= 4 is 24.8 Å². The van der Waals surface area contributed by atoms with Gasteiger partial charge in [-0.25, -0.2) is 9.18 Å². The Morgan fingerprint density at radius 2 is 1.65 bits per heavy atom. The van der Waals surface area contributed by atoms with Crippen LogP contribution in [0.15, 0.2) is 24.3 Å². The summed E-state index contributed by atoms with van der Waals surface area (Å²) in [6.45, 7) is 13.3. The molecule has 2 aromatic rings. The lowest BCUT2D eigenvalue weighted by Gasteiger charge is -2.38. The average Bonchev–Trinajstić information content (AvgIpc) is 2.72. The Balaban J connectivity index is 2.84. The highest BCUT2D eigenvalue weighted by atomic mass is 28.3. The van der Waals surface area contributed by atoms with Crippen LogP contribution < -0.4 is 4.74 Å². The molecular weight excluding hydrogens is 411 g/mol. The quantitative estimate of drug-likeness (QED) is 0.217. The Bertz CT molecular complexity index is 980. The van der Waals surface area contributed by atoms with Crippen LogP contribution in [-0.4, -0.2) is 35.1 Å². The molecule has 0 aromatic heterocycles. The van der Waals surface area contributed by atoms with Crippen molar-refractivity contribution in [2.75, 3.05) is 21.0 Å². The first kappa shape index (κ1) is 24.9. The Morgan fingerprint density at radius 1 is 1.03 bits per heavy atom. The largest absolute Gasteiger partial charge is 0.468 e. The van der Waals surface area contributed by atoms with Crippen LogP contribution in [0, 0.1) is 17.3 Å². The van der Waals surface area contributed by atoms with Gasteiger partial charge in [0.05, 0.1) is 18.2 Å². The van der Waals surface area contributed by atoms with Crippen LogP contribution in [0.5, 0.6) is 5.75 Å². The molecule has 0 aliphatic carbocycles. The number of benzene rings is 2. The summed E-state index contributed by atoms with van der Waals surface area (Å²) >= 11 is 0. The lowest BCUT2D eigenvalue weighted by Crippen LogP contribution is -2.43. The number of carbonyl (C=O) groups is 1. The van der Waals surface area contributed by atoms with Gasteiger partial charge in [-0.3, -0.25) is 0 Å². The predicted molar refractivity (Wildman–Crippen MR) is 126 cm³/mol. The van der Waals surface area contributed by atoms with Crippen LogP contribution in [0.4, 0.5) is 4.39 Å². The number of ether oxygens (including phenoxy) is 3. The van der Waals surface area contributed by atoms with E-state index in [0.717, 1.165) is 0 Å². The molecule has 0 amide bonds. The first-order valence-electron chi connectivity index (χ1n) is 10.6. The van der Waals surface area contributed by atoms with Crippen LogP contribution in [0.2, 0.25) is 16.6 Å². The SMILES string of the molecule is COCOc1cc(C(=O)OC)c2c(C#C[Si](C(C)C)(C(C)C)C(C)C)c(F)ccc2c1. The number of carbonyl (C=O) groups excluding carboxylic acids is 1. The summed E-state index contributed by atoms with van der Waals surface area (Å²) in [5.74, 6) is 2.61. The maximum Gasteiger partial charge on any atom is 0.338 e. The first-order chi connectivity index (χ1) is 14.6. The molecule has 4 nitrogen and oxygen atoms in total. The van der Waals surface area contributed by atoms with Crippen molar-refractivity contribution in [3.63, 3.8) is 0 Å². The molecule has 6 heteroatoms. The molecular formula is C25H33FO4Si. The summed E-state index contributed by atoms with van der Waals surface area (Å²) in [4.78, 5) is 12.6. The monoisotopic (exact) mass is 444 g/mol. The first-order valence-corrected chi connectivity index (χ1v) is 12.8. The van der Waals surface area contributed by atoms with Gasteiger partial charge in [-0.2, -0.15) is 0 Å². The molecule has 0 radical (unpaired) electrons. The fraction of sp³-hybridized carbons (Fsp3) is 0.480. The second kappa shape index (κ2) is 10.3. The second-order valence-corrected chi connectivity index (χ2v) is 14.3. The van der Waals surface area contributed by atoms with Crippen molar-refractivity contribution in [2.45, 2.75) is 58.2 Å². The summed E-state index contributed by atoms with van der Waals surface area (Å²) in [5.41, 5.74) is 5.24. The number of rotatable bonds is 7. The highest BCUT2D eigenvalue weighted by Gasteiger charge is 2.41. The molecule has 31 heavy (non-hydrogen) atoms. The molecule has 0 N–H and O–H groups in total. The summed E-state index contributed by atoms with van der Waals surface area (Å²) in [6, 6.07) is 6.32. The van der Waals surface area contributed by atoms with E-state index in [1.54, 1.807) is 18.2 Å². The van der Waals surface area contributed by atoms with Crippen molar-refractivity contribution < 1.29 is 23.4 Å². The van der Waals surface area contributed by atoms with E-state index < -0.39 is 19.9 Å². The van der Waals surface area contributed by atoms with Gasteiger partial charge in [0.1, 0.15) is 19.6 Å². The Morgan fingerprint density at radius 3 is 2.16 bits per heavy atom. The zero-order valence-electron chi connectivity index (χ0n) is 19.8. The van der Waals surface area contributed by atoms with Gasteiger partial charge in [-0.1, -0.05) is 53.5 Å². The number of hydrogen-bond acceptors (Lipinski definition) is 4. The number of halogens is 1. The van der Waals surface area contributed by atoms with Gasteiger partial charge < -0.3 is 14.2 Å². The molecule has 0 aliphatic rings. The summed E-state index contributed by atoms with van der Waals surface area (Å²) < 4.78 is 30.5. The zero-order chi connectivity index (χ0) is 23.3. The van der Waals surface area contributed by atoms with Gasteiger partial charge >= 0.3 is 5.97 Å². The molecule has 0 spiro atoms. The minimum Gasteiger partial charge on any atom is -0.468 e. The summed E-state index contributed by atoms with van der Waals surface area (Å²) in [7, 11) is 0.728. The number of methoxy groups -OCH3 is 2. The lowest BCUT2D eigenvalue weighted by atomic mass is 9.98. The second-order valence-electron chi connectivity index (χ2n) is 8.68. The molecule has 0 saturated carbocycles. The van der Waals surface area contributed by atoms with Gasteiger partial charge in [0.15, 0.2) is 6.79 Å². The molecule has 0 bridgehead atoms. The third-order valence-electron chi connectivity index (χ3n) is 6.06. The van der Waals surface area contributed by atoms with Crippen molar-refractivity contribution in [2.24, 2.45) is 0 Å². The topological polar surface area (TPSA) is 44.8 Å². The number of hydrogen-bond donors (Lipinski definition) is 0. The fourth-order valence-electron chi connectivity index (χ4n) is 4.62. The maximum atomic E-state index is 15.1. The molecule has 0 atom stereocenters. The van der Waals surface area contributed by atoms with E-state index in [0.29, 0.717) is 33.1 Å². The standard InChI is InChI=1S/C25H33FO4Si/c1-16(2)31(17(3)4,18(5)6)12-11-21-23(26)10-9-19-13-20(30-15-28-7)14-22(24(19)21)25(27)29-8/h9-10,13-14,16-18H,15H2,1-8H3. The van der Waals surface area contributed by atoms with Gasteiger partial charge in [0, 0.05) is 12.5 Å². The maximum absolute atomic E-state index is 15.1. The lowest BCUT2D eigenvalue weighted by molar-refractivity contribution is 0.0505. The molecule has 0 heterocycles. The normalized spacial score (nSPS) is 11.7. The van der Waals surface area contributed by atoms with Crippen molar-refractivity contribution in [1.29, 1.82) is 0 Å².